The van der Waals surface area contributed by atoms with Crippen molar-refractivity contribution in [2.24, 2.45) is 0 Å². The Morgan fingerprint density at radius 1 is 1.14 bits per heavy atom. The van der Waals surface area contributed by atoms with Crippen molar-refractivity contribution in [3.63, 3.8) is 0 Å². The number of benzene rings is 2. The number of halogens is 2. The van der Waals surface area contributed by atoms with E-state index in [0.29, 0.717) is 33.3 Å². The van der Waals surface area contributed by atoms with E-state index in [9.17, 15) is 4.79 Å². The van der Waals surface area contributed by atoms with Gasteiger partial charge in [-0.05, 0) is 53.8 Å². The molecule has 0 radical (unpaired) electrons. The zero-order valence-electron chi connectivity index (χ0n) is 15.3. The summed E-state index contributed by atoms with van der Waals surface area (Å²) in [5.41, 5.74) is 6.74. The van der Waals surface area contributed by atoms with Crippen LogP contribution in [0.4, 0.5) is 11.8 Å². The Morgan fingerprint density at radius 3 is 2.66 bits per heavy atom. The van der Waals surface area contributed by atoms with Crippen molar-refractivity contribution in [3.05, 3.63) is 79.5 Å². The molecule has 2 heterocycles. The lowest BCUT2D eigenvalue weighted by atomic mass is 10.2. The SMILES string of the molecule is C[C@@H](Nc1nc(N)ncc1I)c1nc2cccc(Cl)c2c(=O)n1-c1ccccc1. The summed E-state index contributed by atoms with van der Waals surface area (Å²) in [6.45, 7) is 1.91. The molecule has 0 saturated heterocycles. The van der Waals surface area contributed by atoms with Gasteiger partial charge in [0.25, 0.3) is 5.56 Å². The maximum atomic E-state index is 13.4. The van der Waals surface area contributed by atoms with Gasteiger partial charge in [0.15, 0.2) is 0 Å². The minimum absolute atomic E-state index is 0.166. The van der Waals surface area contributed by atoms with Crippen LogP contribution in [0.25, 0.3) is 16.6 Å². The van der Waals surface area contributed by atoms with Gasteiger partial charge in [-0.1, -0.05) is 35.9 Å². The molecule has 0 aliphatic carbocycles. The number of hydrogen-bond donors (Lipinski definition) is 2. The van der Waals surface area contributed by atoms with Crippen LogP contribution in [0.5, 0.6) is 0 Å². The van der Waals surface area contributed by atoms with E-state index in [-0.39, 0.29) is 17.5 Å². The van der Waals surface area contributed by atoms with Gasteiger partial charge in [0.1, 0.15) is 11.6 Å². The Balaban J connectivity index is 1.93. The van der Waals surface area contributed by atoms with Gasteiger partial charge in [-0.2, -0.15) is 4.98 Å². The molecule has 0 aliphatic heterocycles. The fourth-order valence-corrected chi connectivity index (χ4v) is 3.74. The van der Waals surface area contributed by atoms with Gasteiger partial charge in [0.05, 0.1) is 31.2 Å². The van der Waals surface area contributed by atoms with Crippen LogP contribution in [-0.4, -0.2) is 19.5 Å². The van der Waals surface area contributed by atoms with Crippen LogP contribution in [0.15, 0.2) is 59.5 Å². The number of hydrogen-bond acceptors (Lipinski definition) is 6. The molecule has 4 aromatic rings. The van der Waals surface area contributed by atoms with Crippen molar-refractivity contribution < 1.29 is 0 Å². The number of anilines is 2. The second kappa shape index (κ2) is 7.96. The van der Waals surface area contributed by atoms with Gasteiger partial charge in [-0.25, -0.2) is 9.97 Å². The van der Waals surface area contributed by atoms with E-state index < -0.39 is 0 Å². The summed E-state index contributed by atoms with van der Waals surface area (Å²) in [6, 6.07) is 14.2. The first-order valence-electron chi connectivity index (χ1n) is 8.77. The normalized spacial score (nSPS) is 12.1. The maximum Gasteiger partial charge on any atom is 0.267 e. The number of nitrogens with zero attached hydrogens (tertiary/aromatic N) is 4. The average Bonchev–Trinajstić information content (AvgIpc) is 2.71. The van der Waals surface area contributed by atoms with Gasteiger partial charge in [-0.15, -0.1) is 0 Å². The highest BCUT2D eigenvalue weighted by molar-refractivity contribution is 14.1. The van der Waals surface area contributed by atoms with E-state index in [0.717, 1.165) is 3.57 Å². The molecular weight excluding hydrogens is 503 g/mol. The standard InChI is InChI=1S/C20H16ClIN6O/c1-11(25-17-14(22)10-24-20(23)27-17)18-26-15-9-5-8-13(21)16(15)19(29)28(18)12-6-3-2-4-7-12/h2-11H,1H3,(H3,23,24,25,27)/t11-/m1/s1. The molecule has 9 heteroatoms. The van der Waals surface area contributed by atoms with Gasteiger partial charge < -0.3 is 11.1 Å². The second-order valence-corrected chi connectivity index (χ2v) is 7.94. The molecule has 0 spiro atoms. The smallest absolute Gasteiger partial charge is 0.267 e. The molecule has 1 atom stereocenters. The fourth-order valence-electron chi connectivity index (χ4n) is 3.08. The highest BCUT2D eigenvalue weighted by Gasteiger charge is 2.20. The van der Waals surface area contributed by atoms with E-state index in [1.54, 1.807) is 29.0 Å². The van der Waals surface area contributed by atoms with E-state index in [2.05, 4.69) is 37.9 Å². The third-order valence-electron chi connectivity index (χ3n) is 4.39. The quantitative estimate of drug-likeness (QED) is 0.393. The number of para-hydroxylation sites is 1. The molecule has 2 aromatic heterocycles. The van der Waals surface area contributed by atoms with Gasteiger partial charge >= 0.3 is 0 Å². The monoisotopic (exact) mass is 518 g/mol. The number of nitrogens with one attached hydrogen (secondary N) is 1. The van der Waals surface area contributed by atoms with Crippen molar-refractivity contribution >= 4 is 56.9 Å². The van der Waals surface area contributed by atoms with Crippen LogP contribution >= 0.6 is 34.2 Å². The van der Waals surface area contributed by atoms with E-state index in [1.807, 2.05) is 37.3 Å². The maximum absolute atomic E-state index is 13.4. The number of nitrogen functional groups attached to an aromatic ring is 1. The summed E-state index contributed by atoms with van der Waals surface area (Å²) in [7, 11) is 0. The summed E-state index contributed by atoms with van der Waals surface area (Å²) in [4.78, 5) is 26.4. The second-order valence-electron chi connectivity index (χ2n) is 6.37. The Kier molecular flexibility index (Phi) is 5.37. The molecule has 29 heavy (non-hydrogen) atoms. The minimum atomic E-state index is -0.353. The van der Waals surface area contributed by atoms with E-state index in [1.165, 1.54) is 0 Å². The Hall–Kier alpha value is -2.72. The fraction of sp³-hybridized carbons (Fsp3) is 0.100. The van der Waals surface area contributed by atoms with Crippen LogP contribution in [0, 0.1) is 3.57 Å². The highest BCUT2D eigenvalue weighted by Crippen LogP contribution is 2.25. The topological polar surface area (TPSA) is 98.7 Å². The molecule has 0 fully saturated rings. The summed E-state index contributed by atoms with van der Waals surface area (Å²) < 4.78 is 2.38. The van der Waals surface area contributed by atoms with Crippen LogP contribution in [0.2, 0.25) is 5.02 Å². The third kappa shape index (κ3) is 3.77. The Bertz CT molecular complexity index is 1260. The van der Waals surface area contributed by atoms with Crippen molar-refractivity contribution in [2.45, 2.75) is 13.0 Å². The van der Waals surface area contributed by atoms with Gasteiger partial charge in [0, 0.05) is 6.20 Å². The lowest BCUT2D eigenvalue weighted by Crippen LogP contribution is -2.27. The first-order chi connectivity index (χ1) is 14.0. The summed E-state index contributed by atoms with van der Waals surface area (Å²) in [5.74, 6) is 1.27. The van der Waals surface area contributed by atoms with Crippen LogP contribution in [0.1, 0.15) is 18.8 Å². The molecular formula is C20H16ClIN6O. The van der Waals surface area contributed by atoms with Crippen molar-refractivity contribution in [3.8, 4) is 5.69 Å². The lowest BCUT2D eigenvalue weighted by Gasteiger charge is -2.20. The van der Waals surface area contributed by atoms with Crippen LogP contribution in [-0.2, 0) is 0 Å². The summed E-state index contributed by atoms with van der Waals surface area (Å²) in [5, 5.41) is 4.04. The minimum Gasteiger partial charge on any atom is -0.368 e. The lowest BCUT2D eigenvalue weighted by molar-refractivity contribution is 0.730. The summed E-state index contributed by atoms with van der Waals surface area (Å²) >= 11 is 8.45. The molecule has 2 aromatic carbocycles. The number of aromatic nitrogens is 4. The van der Waals surface area contributed by atoms with Crippen LogP contribution < -0.4 is 16.6 Å². The molecule has 4 rings (SSSR count). The molecule has 0 unspecified atom stereocenters. The molecule has 0 aliphatic rings. The van der Waals surface area contributed by atoms with Gasteiger partial charge in [-0.3, -0.25) is 9.36 Å². The highest BCUT2D eigenvalue weighted by atomic mass is 127. The number of fused-ring (bicyclic) bond motifs is 1. The van der Waals surface area contributed by atoms with E-state index >= 15 is 0 Å². The first-order valence-corrected chi connectivity index (χ1v) is 10.2. The molecule has 7 nitrogen and oxygen atoms in total. The Morgan fingerprint density at radius 2 is 1.90 bits per heavy atom. The molecule has 0 saturated carbocycles. The summed E-state index contributed by atoms with van der Waals surface area (Å²) in [6.07, 6.45) is 1.63. The zero-order valence-corrected chi connectivity index (χ0v) is 18.2. The van der Waals surface area contributed by atoms with Gasteiger partial charge in [0.2, 0.25) is 5.95 Å². The largest absolute Gasteiger partial charge is 0.368 e. The first kappa shape index (κ1) is 19.6. The van der Waals surface area contributed by atoms with Crippen molar-refractivity contribution in [2.75, 3.05) is 11.1 Å². The number of nitrogens with two attached hydrogens (primary N) is 1. The van der Waals surface area contributed by atoms with Crippen LogP contribution in [0.3, 0.4) is 0 Å². The molecule has 3 N–H and O–H groups in total. The molecule has 0 bridgehead atoms. The average molecular weight is 519 g/mol. The molecule has 146 valence electrons. The van der Waals surface area contributed by atoms with E-state index in [4.69, 9.17) is 22.3 Å². The zero-order chi connectivity index (χ0) is 20.5. The third-order valence-corrected chi connectivity index (χ3v) is 5.49. The van der Waals surface area contributed by atoms with Crippen molar-refractivity contribution in [1.82, 2.24) is 19.5 Å². The van der Waals surface area contributed by atoms with Crippen molar-refractivity contribution in [1.29, 1.82) is 0 Å². The Labute approximate surface area is 185 Å². The number of rotatable bonds is 4. The predicted octanol–water partition coefficient (Wildman–Crippen LogP) is 4.19. The molecule has 0 amide bonds. The predicted molar refractivity (Wildman–Crippen MR) is 124 cm³/mol.